The van der Waals surface area contributed by atoms with Crippen molar-refractivity contribution in [3.05, 3.63) is 77.6 Å². The highest BCUT2D eigenvalue weighted by Gasteiger charge is 2.20. The number of methoxy groups -OCH3 is 2. The average Bonchev–Trinajstić information content (AvgIpc) is 3.29. The molecule has 0 saturated heterocycles. The Morgan fingerprint density at radius 3 is 2.47 bits per heavy atom. The van der Waals surface area contributed by atoms with Gasteiger partial charge in [0.2, 0.25) is 5.91 Å². The number of amides is 1. The molecule has 0 bridgehead atoms. The Hall–Kier alpha value is -4.19. The van der Waals surface area contributed by atoms with E-state index in [1.165, 1.54) is 0 Å². The maximum Gasteiger partial charge on any atom is 0.248 e. The smallest absolute Gasteiger partial charge is 0.248 e. The van der Waals surface area contributed by atoms with Gasteiger partial charge in [0.05, 0.1) is 32.8 Å². The van der Waals surface area contributed by atoms with Crippen molar-refractivity contribution in [1.29, 1.82) is 0 Å². The minimum atomic E-state index is -0.256. The Bertz CT molecular complexity index is 1450. The third-order valence-electron chi connectivity index (χ3n) is 6.12. The van der Waals surface area contributed by atoms with Crippen molar-refractivity contribution in [3.8, 4) is 28.4 Å². The molecule has 4 aromatic rings. The Morgan fingerprint density at radius 1 is 1.00 bits per heavy atom. The molecule has 36 heavy (non-hydrogen) atoms. The van der Waals surface area contributed by atoms with Gasteiger partial charge in [0.15, 0.2) is 0 Å². The van der Waals surface area contributed by atoms with Crippen LogP contribution in [0.1, 0.15) is 30.5 Å². The number of benzene rings is 3. The Kier molecular flexibility index (Phi) is 7.34. The number of rotatable bonds is 8. The van der Waals surface area contributed by atoms with Crippen LogP contribution < -0.4 is 19.5 Å². The number of aryl methyl sites for hydroxylation is 2. The Morgan fingerprint density at radius 2 is 1.75 bits per heavy atom. The number of anilines is 1. The zero-order valence-electron chi connectivity index (χ0n) is 21.5. The number of allylic oxidation sites excluding steroid dienone is 1. The van der Waals surface area contributed by atoms with E-state index < -0.39 is 0 Å². The molecular weight excluding hydrogens is 454 g/mol. The van der Waals surface area contributed by atoms with Gasteiger partial charge < -0.3 is 23.9 Å². The number of hydrogen-bond donors (Lipinski definition) is 1. The number of carbonyl (C=O) groups excluding carboxylic acids is 1. The van der Waals surface area contributed by atoms with Crippen LogP contribution in [-0.2, 0) is 4.79 Å². The number of hydrogen-bond acceptors (Lipinski definition) is 5. The predicted octanol–water partition coefficient (Wildman–Crippen LogP) is 7.17. The molecule has 3 aromatic carbocycles. The van der Waals surface area contributed by atoms with Crippen LogP contribution in [0.2, 0.25) is 0 Å². The van der Waals surface area contributed by atoms with Crippen LogP contribution in [-0.4, -0.2) is 26.7 Å². The van der Waals surface area contributed by atoms with Crippen molar-refractivity contribution < 1.29 is 23.4 Å². The highest BCUT2D eigenvalue weighted by molar-refractivity contribution is 6.06. The largest absolute Gasteiger partial charge is 0.496 e. The van der Waals surface area contributed by atoms with Crippen LogP contribution in [0.15, 0.2) is 65.3 Å². The standard InChI is InChI=1S/C30H31NO5/c1-7-35-29-20(4)30-23(24(17-36-30)21-10-8-9-11-26(21)33-5)16-22(29)19(3)15-28(32)31-25-14-18(2)12-13-27(25)34-6/h8-17H,7H2,1-6H3,(H,31,32)/b19-15+. The molecule has 1 N–H and O–H groups in total. The van der Waals surface area contributed by atoms with Gasteiger partial charge in [-0.05, 0) is 63.1 Å². The molecule has 0 aliphatic carbocycles. The summed E-state index contributed by atoms with van der Waals surface area (Å²) < 4.78 is 23.0. The van der Waals surface area contributed by atoms with Gasteiger partial charge in [-0.2, -0.15) is 0 Å². The molecular formula is C30H31NO5. The highest BCUT2D eigenvalue weighted by Crippen LogP contribution is 2.42. The molecule has 1 heterocycles. The van der Waals surface area contributed by atoms with Crippen LogP contribution in [0.4, 0.5) is 5.69 Å². The van der Waals surface area contributed by atoms with E-state index in [1.54, 1.807) is 26.6 Å². The average molecular weight is 486 g/mol. The normalized spacial score (nSPS) is 11.4. The molecule has 1 aromatic heterocycles. The minimum absolute atomic E-state index is 0.256. The number of carbonyl (C=O) groups is 1. The fourth-order valence-corrected chi connectivity index (χ4v) is 4.38. The first-order valence-corrected chi connectivity index (χ1v) is 11.8. The van der Waals surface area contributed by atoms with E-state index in [0.29, 0.717) is 23.8 Å². The second kappa shape index (κ2) is 10.6. The summed E-state index contributed by atoms with van der Waals surface area (Å²) in [7, 11) is 3.23. The van der Waals surface area contributed by atoms with Gasteiger partial charge in [0.25, 0.3) is 0 Å². The molecule has 0 atom stereocenters. The fourth-order valence-electron chi connectivity index (χ4n) is 4.38. The first kappa shape index (κ1) is 24.9. The van der Waals surface area contributed by atoms with Crippen LogP contribution >= 0.6 is 0 Å². The number of ether oxygens (including phenoxy) is 3. The second-order valence-corrected chi connectivity index (χ2v) is 8.56. The number of furan rings is 1. The number of para-hydroxylation sites is 1. The summed E-state index contributed by atoms with van der Waals surface area (Å²) in [5.41, 5.74) is 6.69. The molecule has 186 valence electrons. The van der Waals surface area contributed by atoms with Gasteiger partial charge in [-0.1, -0.05) is 24.3 Å². The monoisotopic (exact) mass is 485 g/mol. The summed E-state index contributed by atoms with van der Waals surface area (Å²) in [5.74, 6) is 1.80. The quantitative estimate of drug-likeness (QED) is 0.268. The zero-order valence-corrected chi connectivity index (χ0v) is 21.5. The molecule has 0 spiro atoms. The SMILES string of the molecule is CCOc1c(/C(C)=C/C(=O)Nc2cc(C)ccc2OC)cc2c(-c3ccccc3OC)coc2c1C. The van der Waals surface area contributed by atoms with E-state index in [-0.39, 0.29) is 5.91 Å². The molecule has 0 aliphatic rings. The molecule has 0 aliphatic heterocycles. The number of nitrogens with one attached hydrogen (secondary N) is 1. The van der Waals surface area contributed by atoms with Gasteiger partial charge in [-0.25, -0.2) is 0 Å². The van der Waals surface area contributed by atoms with Gasteiger partial charge >= 0.3 is 0 Å². The van der Waals surface area contributed by atoms with Gasteiger partial charge in [0.1, 0.15) is 22.8 Å². The van der Waals surface area contributed by atoms with E-state index in [4.69, 9.17) is 18.6 Å². The van der Waals surface area contributed by atoms with E-state index in [9.17, 15) is 4.79 Å². The molecule has 0 radical (unpaired) electrons. The molecule has 6 nitrogen and oxygen atoms in total. The fraction of sp³-hybridized carbons (Fsp3) is 0.233. The van der Waals surface area contributed by atoms with Crippen LogP contribution in [0.25, 0.3) is 27.7 Å². The zero-order chi connectivity index (χ0) is 25.8. The third kappa shape index (κ3) is 4.80. The van der Waals surface area contributed by atoms with Crippen molar-refractivity contribution in [2.75, 3.05) is 26.1 Å². The highest BCUT2D eigenvalue weighted by atomic mass is 16.5. The molecule has 0 unspecified atom stereocenters. The Balaban J connectivity index is 1.80. The summed E-state index contributed by atoms with van der Waals surface area (Å²) in [6, 6.07) is 15.5. The van der Waals surface area contributed by atoms with Crippen LogP contribution in [0.5, 0.6) is 17.2 Å². The van der Waals surface area contributed by atoms with Crippen molar-refractivity contribution in [2.24, 2.45) is 0 Å². The van der Waals surface area contributed by atoms with Crippen molar-refractivity contribution in [1.82, 2.24) is 0 Å². The van der Waals surface area contributed by atoms with Gasteiger partial charge in [0, 0.05) is 33.7 Å². The first-order valence-electron chi connectivity index (χ1n) is 11.8. The topological polar surface area (TPSA) is 69.9 Å². The molecule has 0 fully saturated rings. The van der Waals surface area contributed by atoms with E-state index in [1.807, 2.05) is 76.2 Å². The van der Waals surface area contributed by atoms with Gasteiger partial charge in [-0.15, -0.1) is 0 Å². The van der Waals surface area contributed by atoms with E-state index in [2.05, 4.69) is 5.32 Å². The number of fused-ring (bicyclic) bond motifs is 1. The maximum atomic E-state index is 13.0. The Labute approximate surface area is 211 Å². The van der Waals surface area contributed by atoms with Crippen molar-refractivity contribution in [3.63, 3.8) is 0 Å². The van der Waals surface area contributed by atoms with Gasteiger partial charge in [-0.3, -0.25) is 4.79 Å². The lowest BCUT2D eigenvalue weighted by Gasteiger charge is -2.15. The lowest BCUT2D eigenvalue weighted by molar-refractivity contribution is -0.111. The summed E-state index contributed by atoms with van der Waals surface area (Å²) in [5, 5.41) is 3.86. The minimum Gasteiger partial charge on any atom is -0.496 e. The van der Waals surface area contributed by atoms with Crippen LogP contribution in [0.3, 0.4) is 0 Å². The predicted molar refractivity (Wildman–Crippen MR) is 144 cm³/mol. The first-order chi connectivity index (χ1) is 17.4. The van der Waals surface area contributed by atoms with E-state index >= 15 is 0 Å². The maximum absolute atomic E-state index is 13.0. The summed E-state index contributed by atoms with van der Waals surface area (Å²) in [4.78, 5) is 13.0. The summed E-state index contributed by atoms with van der Waals surface area (Å²) in [6.07, 6.45) is 3.32. The van der Waals surface area contributed by atoms with Crippen LogP contribution in [0, 0.1) is 13.8 Å². The molecule has 0 saturated carbocycles. The van der Waals surface area contributed by atoms with Crippen molar-refractivity contribution in [2.45, 2.75) is 27.7 Å². The van der Waals surface area contributed by atoms with Crippen molar-refractivity contribution >= 4 is 28.1 Å². The second-order valence-electron chi connectivity index (χ2n) is 8.56. The lowest BCUT2D eigenvalue weighted by Crippen LogP contribution is -2.10. The summed E-state index contributed by atoms with van der Waals surface area (Å²) >= 11 is 0. The molecule has 1 amide bonds. The summed E-state index contributed by atoms with van der Waals surface area (Å²) in [6.45, 7) is 8.26. The molecule has 6 heteroatoms. The molecule has 4 rings (SSSR count). The van der Waals surface area contributed by atoms with E-state index in [0.717, 1.165) is 50.1 Å². The lowest BCUT2D eigenvalue weighted by atomic mass is 9.96. The third-order valence-corrected chi connectivity index (χ3v) is 6.12.